The fourth-order valence-corrected chi connectivity index (χ4v) is 1.61. The fraction of sp³-hybridized carbons (Fsp3) is 0.727. The number of allylic oxidation sites excluding steroid dienone is 2. The third-order valence-electron chi connectivity index (χ3n) is 2.64. The summed E-state index contributed by atoms with van der Waals surface area (Å²) in [7, 11) is 0. The summed E-state index contributed by atoms with van der Waals surface area (Å²) < 4.78 is 0. The number of rotatable bonds is 1. The zero-order valence-corrected chi connectivity index (χ0v) is 9.16. The molecule has 2 N–H and O–H groups in total. The van der Waals surface area contributed by atoms with E-state index in [4.69, 9.17) is 9.90 Å². The zero-order valence-electron chi connectivity index (χ0n) is 9.16. The molecule has 0 bridgehead atoms. The van der Waals surface area contributed by atoms with E-state index in [0.29, 0.717) is 5.92 Å². The Hall–Kier alpha value is -0.830. The fourth-order valence-electron chi connectivity index (χ4n) is 1.61. The van der Waals surface area contributed by atoms with Crippen LogP contribution in [0.1, 0.15) is 40.0 Å². The van der Waals surface area contributed by atoms with Crippen molar-refractivity contribution >= 4 is 6.47 Å². The molecule has 1 atom stereocenters. The molecule has 0 amide bonds. The van der Waals surface area contributed by atoms with Crippen LogP contribution in [0.15, 0.2) is 11.6 Å². The Bertz CT molecular complexity index is 201. The SMILES string of the molecule is CC1=CCC(C(C)(C)O)CC1.O=CO. The Morgan fingerprint density at radius 2 is 2.07 bits per heavy atom. The van der Waals surface area contributed by atoms with Gasteiger partial charge >= 0.3 is 0 Å². The zero-order chi connectivity index (χ0) is 11.2. The average Bonchev–Trinajstić information content (AvgIpc) is 2.04. The van der Waals surface area contributed by atoms with Gasteiger partial charge in [0.25, 0.3) is 6.47 Å². The molecule has 14 heavy (non-hydrogen) atoms. The molecule has 3 heteroatoms. The van der Waals surface area contributed by atoms with E-state index in [9.17, 15) is 5.11 Å². The maximum Gasteiger partial charge on any atom is 0.290 e. The summed E-state index contributed by atoms with van der Waals surface area (Å²) in [5, 5.41) is 16.6. The Labute approximate surface area is 85.4 Å². The van der Waals surface area contributed by atoms with Crippen molar-refractivity contribution in [2.75, 3.05) is 0 Å². The summed E-state index contributed by atoms with van der Waals surface area (Å²) in [5.74, 6) is 0.464. The van der Waals surface area contributed by atoms with E-state index in [1.54, 1.807) is 0 Å². The minimum atomic E-state index is -0.489. The Balaban J connectivity index is 0.000000500. The molecular formula is C11H20O3. The Morgan fingerprint density at radius 1 is 1.57 bits per heavy atom. The molecule has 0 fully saturated rings. The Morgan fingerprint density at radius 3 is 2.36 bits per heavy atom. The highest BCUT2D eigenvalue weighted by Gasteiger charge is 2.27. The van der Waals surface area contributed by atoms with E-state index in [0.717, 1.165) is 19.3 Å². The van der Waals surface area contributed by atoms with Crippen LogP contribution in [0.3, 0.4) is 0 Å². The topological polar surface area (TPSA) is 57.5 Å². The number of aliphatic hydroxyl groups is 1. The highest BCUT2D eigenvalue weighted by Crippen LogP contribution is 2.31. The first-order chi connectivity index (χ1) is 6.41. The standard InChI is InChI=1S/C10H18O.CH2O2/c1-8-4-6-9(7-5-8)10(2,3)11;2-1-3/h4,9,11H,5-7H2,1-3H3;1H,(H,2,3). The van der Waals surface area contributed by atoms with Gasteiger partial charge in [0.1, 0.15) is 0 Å². The van der Waals surface area contributed by atoms with Crippen LogP contribution < -0.4 is 0 Å². The summed E-state index contributed by atoms with van der Waals surface area (Å²) in [5.41, 5.74) is 0.988. The van der Waals surface area contributed by atoms with Crippen molar-refractivity contribution in [3.05, 3.63) is 11.6 Å². The molecule has 0 spiro atoms. The summed E-state index contributed by atoms with van der Waals surface area (Å²) in [4.78, 5) is 8.36. The molecule has 3 nitrogen and oxygen atoms in total. The highest BCUT2D eigenvalue weighted by atomic mass is 16.3. The van der Waals surface area contributed by atoms with Gasteiger partial charge in [-0.05, 0) is 46.0 Å². The van der Waals surface area contributed by atoms with Crippen LogP contribution in [0, 0.1) is 5.92 Å². The van der Waals surface area contributed by atoms with Gasteiger partial charge in [0.15, 0.2) is 0 Å². The van der Waals surface area contributed by atoms with Gasteiger partial charge in [-0.1, -0.05) is 11.6 Å². The maximum atomic E-state index is 9.70. The number of hydrogen-bond acceptors (Lipinski definition) is 2. The molecule has 0 radical (unpaired) electrons. The maximum absolute atomic E-state index is 9.70. The van der Waals surface area contributed by atoms with E-state index in [1.165, 1.54) is 5.57 Å². The number of carboxylic acid groups (broad SMARTS) is 1. The largest absolute Gasteiger partial charge is 0.483 e. The number of hydrogen-bond donors (Lipinski definition) is 2. The van der Waals surface area contributed by atoms with E-state index in [1.807, 2.05) is 13.8 Å². The predicted molar refractivity (Wildman–Crippen MR) is 56.1 cm³/mol. The Kier molecular flexibility index (Phi) is 5.46. The first-order valence-electron chi connectivity index (χ1n) is 4.87. The van der Waals surface area contributed by atoms with Crippen molar-refractivity contribution in [3.63, 3.8) is 0 Å². The quantitative estimate of drug-likeness (QED) is 0.504. The van der Waals surface area contributed by atoms with Gasteiger partial charge in [0, 0.05) is 0 Å². The lowest BCUT2D eigenvalue weighted by molar-refractivity contribution is -0.122. The van der Waals surface area contributed by atoms with Crippen LogP contribution in [-0.4, -0.2) is 22.3 Å². The van der Waals surface area contributed by atoms with Crippen molar-refractivity contribution in [1.29, 1.82) is 0 Å². The average molecular weight is 200 g/mol. The molecule has 0 saturated carbocycles. The van der Waals surface area contributed by atoms with E-state index < -0.39 is 5.60 Å². The molecule has 82 valence electrons. The number of carbonyl (C=O) groups is 1. The summed E-state index contributed by atoms with van der Waals surface area (Å²) in [6.45, 7) is 5.74. The predicted octanol–water partition coefficient (Wildman–Crippen LogP) is 2.20. The van der Waals surface area contributed by atoms with E-state index in [-0.39, 0.29) is 6.47 Å². The van der Waals surface area contributed by atoms with Gasteiger partial charge in [-0.15, -0.1) is 0 Å². The van der Waals surface area contributed by atoms with Gasteiger partial charge in [0.05, 0.1) is 5.60 Å². The lowest BCUT2D eigenvalue weighted by Crippen LogP contribution is -2.31. The van der Waals surface area contributed by atoms with Gasteiger partial charge in [-0.2, -0.15) is 0 Å². The first kappa shape index (κ1) is 13.2. The van der Waals surface area contributed by atoms with Crippen LogP contribution >= 0.6 is 0 Å². The second-order valence-electron chi connectivity index (χ2n) is 4.28. The van der Waals surface area contributed by atoms with Crippen LogP contribution in [0.25, 0.3) is 0 Å². The van der Waals surface area contributed by atoms with Crippen molar-refractivity contribution < 1.29 is 15.0 Å². The molecule has 0 aliphatic heterocycles. The summed E-state index contributed by atoms with van der Waals surface area (Å²) in [6, 6.07) is 0. The molecule has 0 aromatic carbocycles. The van der Waals surface area contributed by atoms with Crippen molar-refractivity contribution in [2.24, 2.45) is 5.92 Å². The van der Waals surface area contributed by atoms with Crippen LogP contribution in [0.4, 0.5) is 0 Å². The molecule has 0 aromatic heterocycles. The minimum Gasteiger partial charge on any atom is -0.483 e. The minimum absolute atomic E-state index is 0.250. The van der Waals surface area contributed by atoms with Crippen LogP contribution in [0.5, 0.6) is 0 Å². The third-order valence-corrected chi connectivity index (χ3v) is 2.64. The normalized spacial score (nSPS) is 21.7. The van der Waals surface area contributed by atoms with Crippen molar-refractivity contribution in [2.45, 2.75) is 45.6 Å². The second kappa shape index (κ2) is 5.81. The summed E-state index contributed by atoms with van der Waals surface area (Å²) in [6.07, 6.45) is 5.61. The van der Waals surface area contributed by atoms with Gasteiger partial charge in [0.2, 0.25) is 0 Å². The second-order valence-corrected chi connectivity index (χ2v) is 4.28. The molecule has 1 aliphatic rings. The van der Waals surface area contributed by atoms with Gasteiger partial charge in [-0.3, -0.25) is 4.79 Å². The highest BCUT2D eigenvalue weighted by molar-refractivity contribution is 5.32. The molecule has 0 aromatic rings. The molecular weight excluding hydrogens is 180 g/mol. The third kappa shape index (κ3) is 5.02. The monoisotopic (exact) mass is 200 g/mol. The molecule has 0 saturated heterocycles. The van der Waals surface area contributed by atoms with Crippen LogP contribution in [-0.2, 0) is 4.79 Å². The van der Waals surface area contributed by atoms with Crippen molar-refractivity contribution in [3.8, 4) is 0 Å². The van der Waals surface area contributed by atoms with Gasteiger partial charge < -0.3 is 10.2 Å². The molecule has 1 aliphatic carbocycles. The first-order valence-corrected chi connectivity index (χ1v) is 4.87. The van der Waals surface area contributed by atoms with Gasteiger partial charge in [-0.25, -0.2) is 0 Å². The van der Waals surface area contributed by atoms with E-state index in [2.05, 4.69) is 13.0 Å². The molecule has 0 heterocycles. The molecule has 1 rings (SSSR count). The van der Waals surface area contributed by atoms with Crippen molar-refractivity contribution in [1.82, 2.24) is 0 Å². The lowest BCUT2D eigenvalue weighted by atomic mass is 9.80. The smallest absolute Gasteiger partial charge is 0.290 e. The molecule has 1 unspecified atom stereocenters. The lowest BCUT2D eigenvalue weighted by Gasteiger charge is -2.31. The van der Waals surface area contributed by atoms with Crippen LogP contribution in [0.2, 0.25) is 0 Å². The van der Waals surface area contributed by atoms with E-state index >= 15 is 0 Å². The summed E-state index contributed by atoms with van der Waals surface area (Å²) >= 11 is 0.